The van der Waals surface area contributed by atoms with Crippen molar-refractivity contribution in [1.82, 2.24) is 0 Å². The van der Waals surface area contributed by atoms with Crippen LogP contribution in [0, 0.1) is 10.1 Å². The molecule has 0 N–H and O–H groups in total. The molecule has 0 unspecified atom stereocenters. The van der Waals surface area contributed by atoms with Gasteiger partial charge in [-0.1, -0.05) is 43.3 Å². The van der Waals surface area contributed by atoms with Gasteiger partial charge < -0.3 is 4.74 Å². The molecule has 0 fully saturated rings. The molecule has 6 nitrogen and oxygen atoms in total. The number of Topliss-reactive ketones (excluding diaryl/α,β-unsaturated/α-hetero) is 1. The van der Waals surface area contributed by atoms with Gasteiger partial charge in [0.15, 0.2) is 12.4 Å². The highest BCUT2D eigenvalue weighted by atomic mass is 16.6. The van der Waals surface area contributed by atoms with Crippen LogP contribution >= 0.6 is 0 Å². The van der Waals surface area contributed by atoms with Crippen LogP contribution in [0.15, 0.2) is 54.6 Å². The molecule has 6 heteroatoms. The van der Waals surface area contributed by atoms with Crippen molar-refractivity contribution < 1.29 is 19.2 Å². The third-order valence-corrected chi connectivity index (χ3v) is 3.52. The summed E-state index contributed by atoms with van der Waals surface area (Å²) in [5.41, 5.74) is 2.02. The maximum Gasteiger partial charge on any atom is 0.331 e. The summed E-state index contributed by atoms with van der Waals surface area (Å²) in [6.07, 6.45) is 3.41. The van der Waals surface area contributed by atoms with Crippen molar-refractivity contribution in [1.29, 1.82) is 0 Å². The number of ketones is 1. The molecule has 0 saturated carbocycles. The first-order chi connectivity index (χ1) is 12.0. The Bertz CT molecular complexity index is 809. The van der Waals surface area contributed by atoms with Crippen LogP contribution in [0.25, 0.3) is 6.08 Å². The summed E-state index contributed by atoms with van der Waals surface area (Å²) in [6, 6.07) is 13.0. The quantitative estimate of drug-likeness (QED) is 0.253. The molecule has 0 aliphatic heterocycles. The topological polar surface area (TPSA) is 86.5 Å². The van der Waals surface area contributed by atoms with Crippen LogP contribution in [0.2, 0.25) is 0 Å². The lowest BCUT2D eigenvalue weighted by Crippen LogP contribution is -2.12. The molecule has 0 aromatic heterocycles. The number of esters is 1. The zero-order chi connectivity index (χ0) is 18.2. The molecule has 0 aliphatic carbocycles. The Kier molecular flexibility index (Phi) is 6.17. The zero-order valence-electron chi connectivity index (χ0n) is 13.7. The van der Waals surface area contributed by atoms with Gasteiger partial charge >= 0.3 is 5.97 Å². The zero-order valence-corrected chi connectivity index (χ0v) is 13.7. The van der Waals surface area contributed by atoms with E-state index in [1.165, 1.54) is 24.3 Å². The van der Waals surface area contributed by atoms with E-state index in [-0.39, 0.29) is 18.1 Å². The lowest BCUT2D eigenvalue weighted by atomic mass is 10.1. The second-order valence-corrected chi connectivity index (χ2v) is 5.27. The van der Waals surface area contributed by atoms with Gasteiger partial charge in [0.2, 0.25) is 0 Å². The first-order valence-corrected chi connectivity index (χ1v) is 7.71. The highest BCUT2D eigenvalue weighted by Gasteiger charge is 2.09. The monoisotopic (exact) mass is 339 g/mol. The van der Waals surface area contributed by atoms with Gasteiger partial charge in [-0.25, -0.2) is 4.79 Å². The number of carbonyl (C=O) groups excluding carboxylic acids is 2. The lowest BCUT2D eigenvalue weighted by Gasteiger charge is -2.03. The lowest BCUT2D eigenvalue weighted by molar-refractivity contribution is -0.384. The molecule has 0 atom stereocenters. The number of aryl methyl sites for hydroxylation is 1. The highest BCUT2D eigenvalue weighted by molar-refractivity contribution is 5.98. The summed E-state index contributed by atoms with van der Waals surface area (Å²) in [6.45, 7) is 1.66. The molecule has 0 bridgehead atoms. The van der Waals surface area contributed by atoms with Crippen molar-refractivity contribution >= 4 is 23.5 Å². The number of rotatable bonds is 7. The van der Waals surface area contributed by atoms with Crippen molar-refractivity contribution in [2.75, 3.05) is 6.61 Å². The molecule has 2 aromatic carbocycles. The Morgan fingerprint density at radius 3 is 2.52 bits per heavy atom. The first kappa shape index (κ1) is 18.1. The third kappa shape index (κ3) is 5.39. The second-order valence-electron chi connectivity index (χ2n) is 5.27. The van der Waals surface area contributed by atoms with Gasteiger partial charge in [-0.2, -0.15) is 0 Å². The van der Waals surface area contributed by atoms with Gasteiger partial charge in [0.25, 0.3) is 5.69 Å². The van der Waals surface area contributed by atoms with Crippen LogP contribution in [-0.4, -0.2) is 23.3 Å². The SMILES string of the molecule is CCc1ccc(C(=O)COC(=O)/C=C/c2cccc([N+](=O)[O-])c2)cc1. The highest BCUT2D eigenvalue weighted by Crippen LogP contribution is 2.14. The van der Waals surface area contributed by atoms with Crippen LogP contribution < -0.4 is 0 Å². The summed E-state index contributed by atoms with van der Waals surface area (Å²) < 4.78 is 4.91. The van der Waals surface area contributed by atoms with Gasteiger partial charge in [0, 0.05) is 23.8 Å². The first-order valence-electron chi connectivity index (χ1n) is 7.71. The number of benzene rings is 2. The van der Waals surface area contributed by atoms with E-state index in [0.29, 0.717) is 11.1 Å². The maximum atomic E-state index is 12.0. The molecule has 0 saturated heterocycles. The standard InChI is InChI=1S/C19H17NO5/c1-2-14-6-9-16(10-7-14)18(21)13-25-19(22)11-8-15-4-3-5-17(12-15)20(23)24/h3-12H,2,13H2,1H3/b11-8+. The number of hydrogen-bond acceptors (Lipinski definition) is 5. The number of ether oxygens (including phenoxy) is 1. The number of hydrogen-bond donors (Lipinski definition) is 0. The number of nitro benzene ring substituents is 1. The fraction of sp³-hybridized carbons (Fsp3) is 0.158. The summed E-state index contributed by atoms with van der Waals surface area (Å²) in [7, 11) is 0. The third-order valence-electron chi connectivity index (χ3n) is 3.52. The predicted octanol–water partition coefficient (Wildman–Crippen LogP) is 3.60. The van der Waals surface area contributed by atoms with E-state index in [4.69, 9.17) is 4.74 Å². The average Bonchev–Trinajstić information content (AvgIpc) is 2.64. The molecule has 0 radical (unpaired) electrons. The van der Waals surface area contributed by atoms with Crippen molar-refractivity contribution in [3.63, 3.8) is 0 Å². The Labute approximate surface area is 144 Å². The molecule has 128 valence electrons. The minimum atomic E-state index is -0.690. The van der Waals surface area contributed by atoms with Crippen molar-refractivity contribution in [2.45, 2.75) is 13.3 Å². The van der Waals surface area contributed by atoms with Gasteiger partial charge in [0.1, 0.15) is 0 Å². The molecular formula is C19H17NO5. The van der Waals surface area contributed by atoms with E-state index in [1.807, 2.05) is 19.1 Å². The van der Waals surface area contributed by atoms with Crippen molar-refractivity contribution in [3.8, 4) is 0 Å². The van der Waals surface area contributed by atoms with Crippen LogP contribution in [-0.2, 0) is 16.0 Å². The van der Waals surface area contributed by atoms with Gasteiger partial charge in [0.05, 0.1) is 4.92 Å². The minimum Gasteiger partial charge on any atom is -0.454 e. The fourth-order valence-corrected chi connectivity index (χ4v) is 2.10. The normalized spacial score (nSPS) is 10.6. The smallest absolute Gasteiger partial charge is 0.331 e. The number of non-ortho nitro benzene ring substituents is 1. The van der Waals surface area contributed by atoms with Crippen molar-refractivity contribution in [2.24, 2.45) is 0 Å². The average molecular weight is 339 g/mol. The molecular weight excluding hydrogens is 322 g/mol. The van der Waals surface area contributed by atoms with Gasteiger partial charge in [-0.05, 0) is 23.6 Å². The number of nitrogens with zero attached hydrogens (tertiary/aromatic N) is 1. The van der Waals surface area contributed by atoms with Crippen LogP contribution in [0.4, 0.5) is 5.69 Å². The van der Waals surface area contributed by atoms with Crippen LogP contribution in [0.1, 0.15) is 28.4 Å². The van der Waals surface area contributed by atoms with E-state index in [9.17, 15) is 19.7 Å². The largest absolute Gasteiger partial charge is 0.454 e. The Hall–Kier alpha value is -3.28. The predicted molar refractivity (Wildman–Crippen MR) is 93.2 cm³/mol. The minimum absolute atomic E-state index is 0.0683. The number of carbonyl (C=O) groups is 2. The molecule has 2 aromatic rings. The summed E-state index contributed by atoms with van der Waals surface area (Å²) >= 11 is 0. The van der Waals surface area contributed by atoms with Crippen LogP contribution in [0.3, 0.4) is 0 Å². The van der Waals surface area contributed by atoms with E-state index < -0.39 is 10.9 Å². The molecule has 0 amide bonds. The fourth-order valence-electron chi connectivity index (χ4n) is 2.10. The molecule has 0 heterocycles. The Balaban J connectivity index is 1.90. The molecule has 2 rings (SSSR count). The Morgan fingerprint density at radius 1 is 1.16 bits per heavy atom. The van der Waals surface area contributed by atoms with Gasteiger partial charge in [-0.15, -0.1) is 0 Å². The van der Waals surface area contributed by atoms with E-state index in [0.717, 1.165) is 18.1 Å². The maximum absolute atomic E-state index is 12.0. The summed E-state index contributed by atoms with van der Waals surface area (Å²) in [5.74, 6) is -0.982. The van der Waals surface area contributed by atoms with Gasteiger partial charge in [-0.3, -0.25) is 14.9 Å². The molecule has 25 heavy (non-hydrogen) atoms. The van der Waals surface area contributed by atoms with Crippen molar-refractivity contribution in [3.05, 3.63) is 81.4 Å². The van der Waals surface area contributed by atoms with Crippen LogP contribution in [0.5, 0.6) is 0 Å². The van der Waals surface area contributed by atoms with E-state index in [1.54, 1.807) is 18.2 Å². The number of nitro groups is 1. The second kappa shape index (κ2) is 8.54. The van der Waals surface area contributed by atoms with E-state index in [2.05, 4.69) is 0 Å². The van der Waals surface area contributed by atoms with E-state index >= 15 is 0 Å². The molecule has 0 spiro atoms. The molecule has 0 aliphatic rings. The summed E-state index contributed by atoms with van der Waals surface area (Å²) in [4.78, 5) is 33.8. The summed E-state index contributed by atoms with van der Waals surface area (Å²) in [5, 5.41) is 10.7. The Morgan fingerprint density at radius 2 is 1.88 bits per heavy atom.